The third-order valence-corrected chi connectivity index (χ3v) is 3.42. The summed E-state index contributed by atoms with van der Waals surface area (Å²) in [6, 6.07) is 9.92. The highest BCUT2D eigenvalue weighted by molar-refractivity contribution is 6.31. The minimum Gasteiger partial charge on any atom is -0.489 e. The Labute approximate surface area is 123 Å². The average Bonchev–Trinajstić information content (AvgIpc) is 2.40. The van der Waals surface area contributed by atoms with Crippen molar-refractivity contribution < 1.29 is 9.13 Å². The van der Waals surface area contributed by atoms with Crippen molar-refractivity contribution in [2.45, 2.75) is 26.5 Å². The molecule has 0 amide bonds. The molecule has 20 heavy (non-hydrogen) atoms. The summed E-state index contributed by atoms with van der Waals surface area (Å²) >= 11 is 6.02. The van der Waals surface area contributed by atoms with Crippen molar-refractivity contribution in [3.63, 3.8) is 0 Å². The molecule has 1 atom stereocenters. The molecular formula is C16H17ClFNO. The fourth-order valence-corrected chi connectivity index (χ4v) is 2.14. The summed E-state index contributed by atoms with van der Waals surface area (Å²) in [4.78, 5) is 0. The molecule has 106 valence electrons. The molecule has 2 N–H and O–H groups in total. The highest BCUT2D eigenvalue weighted by atomic mass is 35.5. The maximum Gasteiger partial charge on any atom is 0.124 e. The minimum absolute atomic E-state index is 0.132. The quantitative estimate of drug-likeness (QED) is 0.907. The molecular weight excluding hydrogens is 277 g/mol. The van der Waals surface area contributed by atoms with Crippen LogP contribution < -0.4 is 10.5 Å². The van der Waals surface area contributed by atoms with Crippen molar-refractivity contribution >= 4 is 11.6 Å². The first-order valence-corrected chi connectivity index (χ1v) is 6.78. The summed E-state index contributed by atoms with van der Waals surface area (Å²) < 4.78 is 18.9. The van der Waals surface area contributed by atoms with Gasteiger partial charge in [-0.15, -0.1) is 0 Å². The smallest absolute Gasteiger partial charge is 0.124 e. The first kappa shape index (κ1) is 14.8. The first-order chi connectivity index (χ1) is 9.47. The third kappa shape index (κ3) is 3.50. The summed E-state index contributed by atoms with van der Waals surface area (Å²) in [6.07, 6.45) is 0. The van der Waals surface area contributed by atoms with E-state index in [9.17, 15) is 4.39 Å². The van der Waals surface area contributed by atoms with Crippen LogP contribution in [0.3, 0.4) is 0 Å². The normalized spacial score (nSPS) is 12.2. The molecule has 0 spiro atoms. The number of nitrogens with two attached hydrogens (primary N) is 1. The van der Waals surface area contributed by atoms with Crippen molar-refractivity contribution in [1.82, 2.24) is 0 Å². The maximum absolute atomic E-state index is 13.2. The molecule has 0 aromatic heterocycles. The molecule has 0 saturated carbocycles. The summed E-state index contributed by atoms with van der Waals surface area (Å²) in [7, 11) is 0. The van der Waals surface area contributed by atoms with Gasteiger partial charge in [0.15, 0.2) is 0 Å². The van der Waals surface area contributed by atoms with Gasteiger partial charge in [-0.1, -0.05) is 29.3 Å². The fourth-order valence-electron chi connectivity index (χ4n) is 1.96. The van der Waals surface area contributed by atoms with Crippen molar-refractivity contribution in [3.8, 4) is 5.75 Å². The van der Waals surface area contributed by atoms with E-state index in [0.717, 1.165) is 11.1 Å². The van der Waals surface area contributed by atoms with Crippen molar-refractivity contribution in [3.05, 3.63) is 63.9 Å². The predicted molar refractivity (Wildman–Crippen MR) is 79.5 cm³/mol. The number of halogens is 2. The molecule has 0 radical (unpaired) electrons. The zero-order chi connectivity index (χ0) is 14.7. The van der Waals surface area contributed by atoms with Crippen LogP contribution in [0.15, 0.2) is 36.4 Å². The fraction of sp³-hybridized carbons (Fsp3) is 0.250. The molecule has 2 nitrogen and oxygen atoms in total. The average molecular weight is 294 g/mol. The van der Waals surface area contributed by atoms with E-state index in [1.807, 2.05) is 32.0 Å². The lowest BCUT2D eigenvalue weighted by atomic mass is 10.1. The molecule has 2 rings (SSSR count). The summed E-state index contributed by atoms with van der Waals surface area (Å²) in [5, 5.41) is 0.487. The van der Waals surface area contributed by atoms with Crippen LogP contribution in [0.2, 0.25) is 5.02 Å². The van der Waals surface area contributed by atoms with Gasteiger partial charge in [-0.25, -0.2) is 4.39 Å². The largest absolute Gasteiger partial charge is 0.489 e. The predicted octanol–water partition coefficient (Wildman–Crippen LogP) is 4.39. The Hall–Kier alpha value is -1.58. The molecule has 0 heterocycles. The monoisotopic (exact) mass is 293 g/mol. The number of hydrogen-bond acceptors (Lipinski definition) is 2. The Morgan fingerprint density at radius 2 is 2.00 bits per heavy atom. The maximum atomic E-state index is 13.2. The van der Waals surface area contributed by atoms with Gasteiger partial charge in [0.25, 0.3) is 0 Å². The molecule has 0 bridgehead atoms. The van der Waals surface area contributed by atoms with Crippen LogP contribution in [0.1, 0.15) is 29.7 Å². The van der Waals surface area contributed by atoms with E-state index in [1.54, 1.807) is 0 Å². The topological polar surface area (TPSA) is 35.2 Å². The number of benzene rings is 2. The van der Waals surface area contributed by atoms with Gasteiger partial charge in [-0.2, -0.15) is 0 Å². The van der Waals surface area contributed by atoms with E-state index in [1.165, 1.54) is 18.2 Å². The lowest BCUT2D eigenvalue weighted by Crippen LogP contribution is -2.08. The van der Waals surface area contributed by atoms with Crippen LogP contribution in [-0.4, -0.2) is 0 Å². The minimum atomic E-state index is -0.329. The zero-order valence-corrected chi connectivity index (χ0v) is 12.2. The summed E-state index contributed by atoms with van der Waals surface area (Å²) in [5.74, 6) is 0.371. The van der Waals surface area contributed by atoms with E-state index in [2.05, 4.69) is 0 Å². The van der Waals surface area contributed by atoms with Crippen LogP contribution in [0.5, 0.6) is 5.75 Å². The van der Waals surface area contributed by atoms with Crippen LogP contribution >= 0.6 is 11.6 Å². The second-order valence-electron chi connectivity index (χ2n) is 4.85. The van der Waals surface area contributed by atoms with E-state index in [-0.39, 0.29) is 18.5 Å². The van der Waals surface area contributed by atoms with E-state index >= 15 is 0 Å². The van der Waals surface area contributed by atoms with Crippen molar-refractivity contribution in [2.24, 2.45) is 5.73 Å². The highest BCUT2D eigenvalue weighted by Crippen LogP contribution is 2.27. The zero-order valence-electron chi connectivity index (χ0n) is 11.5. The number of aryl methyl sites for hydroxylation is 1. The van der Waals surface area contributed by atoms with Gasteiger partial charge >= 0.3 is 0 Å². The van der Waals surface area contributed by atoms with Gasteiger partial charge in [-0.05, 0) is 38.1 Å². The van der Waals surface area contributed by atoms with Crippen molar-refractivity contribution in [1.29, 1.82) is 0 Å². The molecule has 0 fully saturated rings. The van der Waals surface area contributed by atoms with Gasteiger partial charge in [-0.3, -0.25) is 0 Å². The van der Waals surface area contributed by atoms with Gasteiger partial charge in [0.05, 0.1) is 0 Å². The molecule has 2 aromatic rings. The van der Waals surface area contributed by atoms with E-state index in [4.69, 9.17) is 22.1 Å². The van der Waals surface area contributed by atoms with Crippen LogP contribution in [0.25, 0.3) is 0 Å². The second-order valence-corrected chi connectivity index (χ2v) is 5.26. The Bertz CT molecular complexity index is 613. The lowest BCUT2D eigenvalue weighted by Gasteiger charge is -2.15. The molecule has 2 aromatic carbocycles. The molecule has 0 aliphatic carbocycles. The number of hydrogen-bond donors (Lipinski definition) is 1. The van der Waals surface area contributed by atoms with Crippen LogP contribution in [0, 0.1) is 12.7 Å². The van der Waals surface area contributed by atoms with Gasteiger partial charge < -0.3 is 10.5 Å². The Kier molecular flexibility index (Phi) is 4.63. The van der Waals surface area contributed by atoms with Gasteiger partial charge in [0.1, 0.15) is 18.2 Å². The third-order valence-electron chi connectivity index (χ3n) is 3.05. The lowest BCUT2D eigenvalue weighted by molar-refractivity contribution is 0.301. The Morgan fingerprint density at radius 3 is 2.70 bits per heavy atom. The van der Waals surface area contributed by atoms with Crippen LogP contribution in [0.4, 0.5) is 4.39 Å². The van der Waals surface area contributed by atoms with Crippen LogP contribution in [-0.2, 0) is 6.61 Å². The second kappa shape index (κ2) is 6.25. The first-order valence-electron chi connectivity index (χ1n) is 6.40. The standard InChI is InChI=1S/C16H17ClFNO/c1-10-3-6-16(14(7-10)11(2)19)20-9-12-8-13(18)4-5-15(12)17/h3-8,11H,9,19H2,1-2H3/t11-/m1/s1. The van der Waals surface area contributed by atoms with Gasteiger partial charge in [0.2, 0.25) is 0 Å². The Morgan fingerprint density at radius 1 is 1.25 bits per heavy atom. The molecule has 0 unspecified atom stereocenters. The van der Waals surface area contributed by atoms with Crippen molar-refractivity contribution in [2.75, 3.05) is 0 Å². The summed E-state index contributed by atoms with van der Waals surface area (Å²) in [5.41, 5.74) is 8.60. The number of ether oxygens (including phenoxy) is 1. The highest BCUT2D eigenvalue weighted by Gasteiger charge is 2.10. The van der Waals surface area contributed by atoms with E-state index < -0.39 is 0 Å². The summed E-state index contributed by atoms with van der Waals surface area (Å²) in [6.45, 7) is 4.11. The Balaban J connectivity index is 2.20. The molecule has 0 aliphatic heterocycles. The SMILES string of the molecule is Cc1ccc(OCc2cc(F)ccc2Cl)c([C@@H](C)N)c1. The number of rotatable bonds is 4. The molecule has 0 saturated heterocycles. The molecule has 4 heteroatoms. The van der Waals surface area contributed by atoms with E-state index in [0.29, 0.717) is 16.3 Å². The molecule has 0 aliphatic rings. The van der Waals surface area contributed by atoms with Gasteiger partial charge in [0, 0.05) is 22.2 Å².